The van der Waals surface area contributed by atoms with Crippen molar-refractivity contribution < 1.29 is 19.0 Å². The number of carbonyl (C=O) groups is 1. The maximum atomic E-state index is 11.4. The Morgan fingerprint density at radius 3 is 2.44 bits per heavy atom. The van der Waals surface area contributed by atoms with Gasteiger partial charge in [0, 0.05) is 12.8 Å². The van der Waals surface area contributed by atoms with Crippen LogP contribution < -0.4 is 0 Å². The predicted molar refractivity (Wildman–Crippen MR) is 60.0 cm³/mol. The van der Waals surface area contributed by atoms with E-state index < -0.39 is 5.79 Å². The van der Waals surface area contributed by atoms with Gasteiger partial charge in [-0.2, -0.15) is 0 Å². The molecule has 0 spiro atoms. The van der Waals surface area contributed by atoms with Crippen molar-refractivity contribution in [3.05, 3.63) is 0 Å². The standard InChI is InChI=1S/C12H22O4/c1-4-6-12(14-8-9-15-12)7-5-11(13)16-10(2)3/h10H,4-9H2,1-3H3. The Morgan fingerprint density at radius 2 is 1.94 bits per heavy atom. The number of carbonyl (C=O) groups excluding carboxylic acids is 1. The highest BCUT2D eigenvalue weighted by Crippen LogP contribution is 2.30. The summed E-state index contributed by atoms with van der Waals surface area (Å²) >= 11 is 0. The zero-order valence-corrected chi connectivity index (χ0v) is 10.5. The fraction of sp³-hybridized carbons (Fsp3) is 0.917. The van der Waals surface area contributed by atoms with E-state index in [1.165, 1.54) is 0 Å². The van der Waals surface area contributed by atoms with Gasteiger partial charge in [0.15, 0.2) is 5.79 Å². The minimum atomic E-state index is -0.537. The average molecular weight is 230 g/mol. The van der Waals surface area contributed by atoms with Gasteiger partial charge in [-0.05, 0) is 13.8 Å². The van der Waals surface area contributed by atoms with Crippen LogP contribution in [-0.4, -0.2) is 31.1 Å². The van der Waals surface area contributed by atoms with E-state index in [1.807, 2.05) is 13.8 Å². The van der Waals surface area contributed by atoms with Crippen LogP contribution >= 0.6 is 0 Å². The van der Waals surface area contributed by atoms with Gasteiger partial charge in [-0.25, -0.2) is 0 Å². The molecule has 1 aliphatic heterocycles. The molecule has 0 saturated carbocycles. The summed E-state index contributed by atoms with van der Waals surface area (Å²) in [5.74, 6) is -0.713. The summed E-state index contributed by atoms with van der Waals surface area (Å²) in [6.45, 7) is 7.03. The van der Waals surface area contributed by atoms with Crippen molar-refractivity contribution in [3.8, 4) is 0 Å². The van der Waals surface area contributed by atoms with E-state index in [-0.39, 0.29) is 12.1 Å². The molecule has 94 valence electrons. The fourth-order valence-corrected chi connectivity index (χ4v) is 1.91. The maximum Gasteiger partial charge on any atom is 0.306 e. The second-order valence-electron chi connectivity index (χ2n) is 4.40. The van der Waals surface area contributed by atoms with Crippen LogP contribution in [-0.2, 0) is 19.0 Å². The molecule has 1 rings (SSSR count). The molecule has 0 bridgehead atoms. The van der Waals surface area contributed by atoms with Crippen LogP contribution in [0, 0.1) is 0 Å². The van der Waals surface area contributed by atoms with Gasteiger partial charge in [-0.15, -0.1) is 0 Å². The van der Waals surface area contributed by atoms with E-state index in [1.54, 1.807) is 0 Å². The van der Waals surface area contributed by atoms with Gasteiger partial charge in [-0.3, -0.25) is 4.79 Å². The molecule has 1 fully saturated rings. The van der Waals surface area contributed by atoms with Gasteiger partial charge >= 0.3 is 5.97 Å². The largest absolute Gasteiger partial charge is 0.463 e. The SMILES string of the molecule is CCCC1(CCC(=O)OC(C)C)OCCO1. The molecule has 4 nitrogen and oxygen atoms in total. The smallest absolute Gasteiger partial charge is 0.306 e. The highest BCUT2D eigenvalue weighted by atomic mass is 16.7. The second-order valence-corrected chi connectivity index (χ2v) is 4.40. The summed E-state index contributed by atoms with van der Waals surface area (Å²) in [6, 6.07) is 0. The lowest BCUT2D eigenvalue weighted by Crippen LogP contribution is -2.31. The van der Waals surface area contributed by atoms with Crippen molar-refractivity contribution in [2.75, 3.05) is 13.2 Å². The van der Waals surface area contributed by atoms with Crippen molar-refractivity contribution in [2.24, 2.45) is 0 Å². The van der Waals surface area contributed by atoms with Crippen LogP contribution in [0.25, 0.3) is 0 Å². The van der Waals surface area contributed by atoms with Crippen LogP contribution in [0.15, 0.2) is 0 Å². The Morgan fingerprint density at radius 1 is 1.31 bits per heavy atom. The zero-order chi connectivity index (χ0) is 12.0. The van der Waals surface area contributed by atoms with Crippen LogP contribution in [0.3, 0.4) is 0 Å². The van der Waals surface area contributed by atoms with Crippen LogP contribution in [0.2, 0.25) is 0 Å². The van der Waals surface area contributed by atoms with E-state index in [2.05, 4.69) is 6.92 Å². The lowest BCUT2D eigenvalue weighted by molar-refractivity contribution is -0.175. The van der Waals surface area contributed by atoms with Crippen molar-refractivity contribution in [1.29, 1.82) is 0 Å². The Hall–Kier alpha value is -0.610. The average Bonchev–Trinajstić information content (AvgIpc) is 2.64. The third kappa shape index (κ3) is 4.10. The molecule has 4 heteroatoms. The zero-order valence-electron chi connectivity index (χ0n) is 10.5. The third-order valence-corrected chi connectivity index (χ3v) is 2.52. The third-order valence-electron chi connectivity index (χ3n) is 2.52. The first-order chi connectivity index (χ1) is 7.58. The van der Waals surface area contributed by atoms with Crippen molar-refractivity contribution in [1.82, 2.24) is 0 Å². The van der Waals surface area contributed by atoms with Gasteiger partial charge in [0.2, 0.25) is 0 Å². The molecule has 0 radical (unpaired) electrons. The molecule has 0 N–H and O–H groups in total. The Labute approximate surface area is 97.2 Å². The summed E-state index contributed by atoms with van der Waals surface area (Å²) in [5, 5.41) is 0. The highest BCUT2D eigenvalue weighted by molar-refractivity contribution is 5.69. The van der Waals surface area contributed by atoms with E-state index in [9.17, 15) is 4.79 Å². The molecule has 1 aliphatic rings. The number of hydrogen-bond donors (Lipinski definition) is 0. The number of rotatable bonds is 6. The van der Waals surface area contributed by atoms with Gasteiger partial charge in [0.25, 0.3) is 0 Å². The maximum absolute atomic E-state index is 11.4. The molecule has 1 heterocycles. The number of hydrogen-bond acceptors (Lipinski definition) is 4. The Balaban J connectivity index is 2.35. The first kappa shape index (κ1) is 13.5. The summed E-state index contributed by atoms with van der Waals surface area (Å²) < 4.78 is 16.3. The molecule has 0 aromatic carbocycles. The first-order valence-corrected chi connectivity index (χ1v) is 6.05. The van der Waals surface area contributed by atoms with Crippen LogP contribution in [0.4, 0.5) is 0 Å². The Kier molecular flexibility index (Phi) is 5.22. The minimum absolute atomic E-state index is 0.0555. The molecule has 0 amide bonds. The summed E-state index contributed by atoms with van der Waals surface area (Å²) in [7, 11) is 0. The normalized spacial score (nSPS) is 19.0. The summed E-state index contributed by atoms with van der Waals surface area (Å²) in [4.78, 5) is 11.4. The van der Waals surface area contributed by atoms with Crippen molar-refractivity contribution >= 4 is 5.97 Å². The lowest BCUT2D eigenvalue weighted by Gasteiger charge is -2.26. The monoisotopic (exact) mass is 230 g/mol. The molecule has 0 aromatic heterocycles. The molecule has 0 aliphatic carbocycles. The van der Waals surface area contributed by atoms with E-state index in [4.69, 9.17) is 14.2 Å². The second kappa shape index (κ2) is 6.21. The van der Waals surface area contributed by atoms with E-state index in [0.29, 0.717) is 26.1 Å². The molecular formula is C12H22O4. The Bertz CT molecular complexity index is 219. The summed E-state index contributed by atoms with van der Waals surface area (Å²) in [6.07, 6.45) is 2.71. The van der Waals surface area contributed by atoms with Gasteiger partial charge in [0.1, 0.15) is 0 Å². The topological polar surface area (TPSA) is 44.8 Å². The van der Waals surface area contributed by atoms with Gasteiger partial charge in [0.05, 0.1) is 25.7 Å². The predicted octanol–water partition coefficient (Wildman–Crippen LogP) is 2.26. The van der Waals surface area contributed by atoms with E-state index >= 15 is 0 Å². The molecule has 0 unspecified atom stereocenters. The van der Waals surface area contributed by atoms with Crippen LogP contribution in [0.5, 0.6) is 0 Å². The molecule has 16 heavy (non-hydrogen) atoms. The van der Waals surface area contributed by atoms with Crippen molar-refractivity contribution in [3.63, 3.8) is 0 Å². The lowest BCUT2D eigenvalue weighted by atomic mass is 10.1. The van der Waals surface area contributed by atoms with Gasteiger partial charge < -0.3 is 14.2 Å². The quantitative estimate of drug-likeness (QED) is 0.656. The highest BCUT2D eigenvalue weighted by Gasteiger charge is 2.35. The van der Waals surface area contributed by atoms with Crippen molar-refractivity contribution in [2.45, 2.75) is 58.3 Å². The number of esters is 1. The molecule has 0 aromatic rings. The molecule has 0 atom stereocenters. The van der Waals surface area contributed by atoms with Crippen LogP contribution in [0.1, 0.15) is 46.5 Å². The number of ether oxygens (including phenoxy) is 3. The molecule has 1 saturated heterocycles. The van der Waals surface area contributed by atoms with Gasteiger partial charge in [-0.1, -0.05) is 13.3 Å². The minimum Gasteiger partial charge on any atom is -0.463 e. The molecular weight excluding hydrogens is 208 g/mol. The van der Waals surface area contributed by atoms with E-state index in [0.717, 1.165) is 12.8 Å². The first-order valence-electron chi connectivity index (χ1n) is 6.05. The fourth-order valence-electron chi connectivity index (χ4n) is 1.91. The summed E-state index contributed by atoms with van der Waals surface area (Å²) in [5.41, 5.74) is 0.